The van der Waals surface area contributed by atoms with Gasteiger partial charge in [0.1, 0.15) is 0 Å². The smallest absolute Gasteiger partial charge is 0.0383 e. The van der Waals surface area contributed by atoms with Crippen LogP contribution in [0.5, 0.6) is 0 Å². The lowest BCUT2D eigenvalue weighted by atomic mass is 10.9. The van der Waals surface area contributed by atoms with Crippen LogP contribution in [0, 0.1) is 0 Å². The van der Waals surface area contributed by atoms with E-state index in [2.05, 4.69) is 0 Å². The molecule has 32 valence electrons. The number of carbonyl (C=O) groups is 1. The number of hydrogen-bond donors (Lipinski definition) is 0. The average molecular weight is 93.1 g/mol. The summed E-state index contributed by atoms with van der Waals surface area (Å²) in [5.74, 6) is -1.08. The van der Waals surface area contributed by atoms with Crippen molar-refractivity contribution in [2.24, 2.45) is 0 Å². The monoisotopic (exact) mass is 93.0 g/mol. The molecule has 0 aliphatic rings. The minimum absolute atomic E-state index is 0. The molecule has 0 rings (SSSR count). The fourth-order valence-corrected chi connectivity index (χ4v) is 0. The van der Waals surface area contributed by atoms with Crippen LogP contribution in [0.3, 0.4) is 0 Å². The van der Waals surface area contributed by atoms with Gasteiger partial charge in [-0.1, -0.05) is 0 Å². The molecule has 0 saturated heterocycles. The van der Waals surface area contributed by atoms with Gasteiger partial charge in [-0.05, 0) is 6.92 Å². The van der Waals surface area contributed by atoms with Crippen molar-refractivity contribution in [1.29, 1.82) is 0 Å². The van der Waals surface area contributed by atoms with Crippen molar-refractivity contribution in [3.63, 3.8) is 0 Å². The van der Waals surface area contributed by atoms with Crippen molar-refractivity contribution in [3.8, 4) is 0 Å². The molecule has 0 amide bonds. The average Bonchev–Trinajstić information content (AvgIpc) is 0.811. The van der Waals surface area contributed by atoms with Gasteiger partial charge < -0.3 is 9.90 Å². The molecule has 0 fully saturated rings. The first-order chi connectivity index (χ1) is 1.73. The molecule has 0 unspecified atom stereocenters. The molecule has 0 aromatic rings. The third-order valence-electron chi connectivity index (χ3n) is 0. The predicted molar refractivity (Wildman–Crippen MR) is 21.1 cm³/mol. The Morgan fingerprint density at radius 1 is 1.80 bits per heavy atom. The number of aliphatic carboxylic acids is 1. The lowest BCUT2D eigenvalue weighted by Crippen LogP contribution is -2.16. The highest BCUT2D eigenvalue weighted by Gasteiger charge is 1.46. The van der Waals surface area contributed by atoms with Crippen molar-refractivity contribution in [3.05, 3.63) is 0 Å². The molecule has 0 aliphatic heterocycles. The fourth-order valence-electron chi connectivity index (χ4n) is 0. The molecule has 0 N–H and O–H groups in total. The quantitative estimate of drug-likeness (QED) is 0.380. The number of carboxylic acid groups (broad SMARTS) is 1. The molecule has 0 saturated carbocycles. The minimum atomic E-state index is -1.08. The maximum atomic E-state index is 8.89. The Bertz CT molecular complexity index is 30.6. The molecule has 0 heterocycles. The summed E-state index contributed by atoms with van der Waals surface area (Å²) in [5.41, 5.74) is 0. The molecule has 0 aliphatic carbocycles. The van der Waals surface area contributed by atoms with Gasteiger partial charge in [0.2, 0.25) is 0 Å². The second-order valence-corrected chi connectivity index (χ2v) is 0.492. The first-order valence-corrected chi connectivity index (χ1v) is 0.908. The van der Waals surface area contributed by atoms with Crippen LogP contribution in [0.15, 0.2) is 0 Å². The minimum Gasteiger partial charge on any atom is -0.550 e. The number of hydrogen-bond acceptors (Lipinski definition) is 2. The summed E-state index contributed by atoms with van der Waals surface area (Å²) in [6.45, 7) is 0.972. The lowest BCUT2D eigenvalue weighted by Gasteiger charge is -1.77. The topological polar surface area (TPSA) is 40.1 Å². The zero-order valence-electron chi connectivity index (χ0n) is 2.82. The molecule has 3 heteroatoms. The summed E-state index contributed by atoms with van der Waals surface area (Å²) >= 11 is 0. The van der Waals surface area contributed by atoms with Gasteiger partial charge in [0.25, 0.3) is 0 Å². The summed E-state index contributed by atoms with van der Waals surface area (Å²) in [7, 11) is 0. The van der Waals surface area contributed by atoms with E-state index in [1.807, 2.05) is 0 Å². The van der Waals surface area contributed by atoms with Crippen LogP contribution < -0.4 is 5.11 Å². The van der Waals surface area contributed by atoms with Gasteiger partial charge in [-0.2, -0.15) is 13.5 Å². The van der Waals surface area contributed by atoms with Gasteiger partial charge in [0.15, 0.2) is 0 Å². The Labute approximate surface area is 37.3 Å². The number of carbonyl (C=O) groups excluding carboxylic acids is 1. The Kier molecular flexibility index (Phi) is 6.76. The second kappa shape index (κ2) is 3.82. The maximum Gasteiger partial charge on any atom is 0.0383 e. The zero-order valence-corrected chi connectivity index (χ0v) is 3.82. The van der Waals surface area contributed by atoms with Crippen molar-refractivity contribution >= 4 is 19.5 Å². The normalized spacial score (nSPS) is 5.00. The van der Waals surface area contributed by atoms with Gasteiger partial charge in [-0.25, -0.2) is 0 Å². The van der Waals surface area contributed by atoms with Gasteiger partial charge in [-0.15, -0.1) is 0 Å². The van der Waals surface area contributed by atoms with E-state index in [0.29, 0.717) is 0 Å². The summed E-state index contributed by atoms with van der Waals surface area (Å²) in [6, 6.07) is 0. The van der Waals surface area contributed by atoms with Crippen molar-refractivity contribution < 1.29 is 9.90 Å². The van der Waals surface area contributed by atoms with Gasteiger partial charge in [0.05, 0.1) is 0 Å². The van der Waals surface area contributed by atoms with E-state index < -0.39 is 5.97 Å². The molecular weight excluding hydrogens is 88.1 g/mol. The van der Waals surface area contributed by atoms with Crippen molar-refractivity contribution in [1.82, 2.24) is 0 Å². The zero-order chi connectivity index (χ0) is 3.58. The SMILES string of the molecule is CC(=O)[O-].S. The van der Waals surface area contributed by atoms with E-state index >= 15 is 0 Å². The number of carboxylic acids is 1. The van der Waals surface area contributed by atoms with Gasteiger partial charge in [-0.3, -0.25) is 0 Å². The standard InChI is InChI=1S/C2H4O2.H2S/c1-2(3)4;/h1H3,(H,3,4);1H2/p-1. The van der Waals surface area contributed by atoms with Crippen LogP contribution in [0.4, 0.5) is 0 Å². The van der Waals surface area contributed by atoms with Crippen LogP contribution in [-0.4, -0.2) is 5.97 Å². The molecule has 0 aromatic heterocycles. The molecule has 2 nitrogen and oxygen atoms in total. The molecule has 0 aromatic carbocycles. The third kappa shape index (κ3) is 391. The summed E-state index contributed by atoms with van der Waals surface area (Å²) < 4.78 is 0. The van der Waals surface area contributed by atoms with E-state index in [1.54, 1.807) is 0 Å². The predicted octanol–water partition coefficient (Wildman–Crippen LogP) is -1.13. The fraction of sp³-hybridized carbons (Fsp3) is 0.500. The Balaban J connectivity index is 0. The highest BCUT2D eigenvalue weighted by atomic mass is 32.1. The van der Waals surface area contributed by atoms with E-state index in [1.165, 1.54) is 0 Å². The van der Waals surface area contributed by atoms with Crippen LogP contribution in [0.1, 0.15) is 6.92 Å². The van der Waals surface area contributed by atoms with E-state index in [-0.39, 0.29) is 13.5 Å². The van der Waals surface area contributed by atoms with Crippen LogP contribution in [0.2, 0.25) is 0 Å². The van der Waals surface area contributed by atoms with Crippen LogP contribution in [-0.2, 0) is 4.79 Å². The Hall–Kier alpha value is -0.180. The molecular formula is C2H5O2S-. The van der Waals surface area contributed by atoms with E-state index in [0.717, 1.165) is 6.92 Å². The molecule has 0 spiro atoms. The summed E-state index contributed by atoms with van der Waals surface area (Å²) in [5, 5.41) is 8.89. The molecule has 0 bridgehead atoms. The largest absolute Gasteiger partial charge is 0.550 e. The Morgan fingerprint density at radius 2 is 1.80 bits per heavy atom. The molecule has 5 heavy (non-hydrogen) atoms. The van der Waals surface area contributed by atoms with Crippen LogP contribution >= 0.6 is 13.5 Å². The van der Waals surface area contributed by atoms with Crippen molar-refractivity contribution in [2.75, 3.05) is 0 Å². The molecule has 0 atom stereocenters. The van der Waals surface area contributed by atoms with E-state index in [9.17, 15) is 0 Å². The summed E-state index contributed by atoms with van der Waals surface area (Å²) in [6.07, 6.45) is 0. The van der Waals surface area contributed by atoms with E-state index in [4.69, 9.17) is 9.90 Å². The van der Waals surface area contributed by atoms with Gasteiger partial charge >= 0.3 is 0 Å². The third-order valence-corrected chi connectivity index (χ3v) is 0. The van der Waals surface area contributed by atoms with Crippen molar-refractivity contribution in [2.45, 2.75) is 6.92 Å². The van der Waals surface area contributed by atoms with Gasteiger partial charge in [0, 0.05) is 5.97 Å². The first-order valence-electron chi connectivity index (χ1n) is 0.908. The van der Waals surface area contributed by atoms with Crippen LogP contribution in [0.25, 0.3) is 0 Å². The molecule has 0 radical (unpaired) electrons. The second-order valence-electron chi connectivity index (χ2n) is 0.492. The maximum absolute atomic E-state index is 8.89. The highest BCUT2D eigenvalue weighted by molar-refractivity contribution is 7.59. The highest BCUT2D eigenvalue weighted by Crippen LogP contribution is 1.31. The number of rotatable bonds is 0. The first kappa shape index (κ1) is 8.84. The Morgan fingerprint density at radius 3 is 1.80 bits per heavy atom. The summed E-state index contributed by atoms with van der Waals surface area (Å²) in [4.78, 5) is 8.89. The lowest BCUT2D eigenvalue weighted by molar-refractivity contribution is -0.302.